The highest BCUT2D eigenvalue weighted by Gasteiger charge is 2.03. The van der Waals surface area contributed by atoms with Crippen LogP contribution in [-0.2, 0) is 11.4 Å². The first kappa shape index (κ1) is 10.2. The molecule has 0 aromatic heterocycles. The minimum atomic E-state index is -2.86. The summed E-state index contributed by atoms with van der Waals surface area (Å²) in [5.74, 6) is 0. The van der Waals surface area contributed by atoms with E-state index < -0.39 is 11.4 Å². The molecule has 0 aromatic rings. The Labute approximate surface area is 66.3 Å². The molecule has 0 saturated heterocycles. The Hall–Kier alpha value is -0.750. The maximum atomic E-state index is 8.56. The highest BCUT2D eigenvalue weighted by molar-refractivity contribution is 7.73. The van der Waals surface area contributed by atoms with Crippen LogP contribution in [0.15, 0.2) is 24.3 Å². The zero-order valence-electron chi connectivity index (χ0n) is 5.48. The minimum absolute atomic E-state index is 0. The minimum Gasteiger partial charge on any atom is -0.750 e. The van der Waals surface area contributed by atoms with Crippen molar-refractivity contribution in [1.29, 1.82) is 0 Å². The number of hydrogen-bond donors (Lipinski definition) is 1. The Morgan fingerprint density at radius 3 is 1.36 bits per heavy atom. The number of fused-ring (bicyclic) bond motifs is 1. The Bertz CT molecular complexity index is 218. The zero-order valence-corrected chi connectivity index (χ0v) is 6.30. The first-order valence-corrected chi connectivity index (χ1v) is 3.62. The molecule has 5 heteroatoms. The van der Waals surface area contributed by atoms with Gasteiger partial charge in [-0.05, 0) is 11.1 Å². The maximum absolute atomic E-state index is 8.56. The molecular weight excluding hydrogens is 168 g/mol. The van der Waals surface area contributed by atoms with Crippen molar-refractivity contribution in [2.24, 2.45) is 0 Å². The van der Waals surface area contributed by atoms with E-state index in [9.17, 15) is 0 Å². The number of benzene rings is 1. The molecule has 1 unspecified atom stereocenters. The molecule has 0 fully saturated rings. The van der Waals surface area contributed by atoms with Gasteiger partial charge in [0.05, 0.1) is 11.4 Å². The average molecular weight is 175 g/mol. The monoisotopic (exact) mass is 175 g/mol. The van der Waals surface area contributed by atoms with Gasteiger partial charge in [0.15, 0.2) is 0 Å². The van der Waals surface area contributed by atoms with Crippen LogP contribution in [0.3, 0.4) is 0 Å². The van der Waals surface area contributed by atoms with Gasteiger partial charge in [-0.3, -0.25) is 0 Å². The number of rotatable bonds is 0. The maximum Gasteiger partial charge on any atom is 0.0814 e. The van der Waals surface area contributed by atoms with E-state index in [1.165, 1.54) is 11.1 Å². The summed E-state index contributed by atoms with van der Waals surface area (Å²) in [5, 5.41) is 0. The van der Waals surface area contributed by atoms with Gasteiger partial charge in [0, 0.05) is 0 Å². The second-order valence-corrected chi connectivity index (χ2v) is 2.23. The van der Waals surface area contributed by atoms with E-state index in [-0.39, 0.29) is 5.48 Å². The van der Waals surface area contributed by atoms with Crippen molar-refractivity contribution < 1.29 is 18.8 Å². The lowest BCUT2D eigenvalue weighted by atomic mass is 9.95. The van der Waals surface area contributed by atoms with E-state index in [2.05, 4.69) is 24.3 Å². The summed E-state index contributed by atoms with van der Waals surface area (Å²) in [5.41, 5.74) is 2.85. The molecule has 1 atom stereocenters. The second-order valence-electron chi connectivity index (χ2n) is 1.79. The van der Waals surface area contributed by atoms with E-state index >= 15 is 0 Å². The summed E-state index contributed by atoms with van der Waals surface area (Å²) in [6.07, 6.45) is 0. The largest absolute Gasteiger partial charge is 0.750 e. The van der Waals surface area contributed by atoms with Crippen molar-refractivity contribution in [3.63, 3.8) is 0 Å². The van der Waals surface area contributed by atoms with Gasteiger partial charge < -0.3 is 14.6 Å². The van der Waals surface area contributed by atoms with Crippen molar-refractivity contribution in [2.75, 3.05) is 0 Å². The molecular formula is C6H7O4S-. The predicted molar refractivity (Wildman–Crippen MR) is 40.6 cm³/mol. The molecule has 0 saturated carbocycles. The molecule has 2 rings (SSSR count). The summed E-state index contributed by atoms with van der Waals surface area (Å²) in [6, 6.07) is 8.48. The van der Waals surface area contributed by atoms with E-state index in [0.717, 1.165) is 0 Å². The van der Waals surface area contributed by atoms with E-state index in [1.54, 1.807) is 0 Å². The summed E-state index contributed by atoms with van der Waals surface area (Å²) in [7, 11) is 0. The van der Waals surface area contributed by atoms with Crippen LogP contribution in [0, 0.1) is 0 Å². The molecule has 11 heavy (non-hydrogen) atoms. The van der Waals surface area contributed by atoms with Gasteiger partial charge >= 0.3 is 0 Å². The van der Waals surface area contributed by atoms with E-state index in [0.29, 0.717) is 0 Å². The predicted octanol–water partition coefficient (Wildman–Crippen LogP) is 0.181. The zero-order chi connectivity index (χ0) is 7.56. The third-order valence-electron chi connectivity index (χ3n) is 1.22. The van der Waals surface area contributed by atoms with Crippen LogP contribution in [0.2, 0.25) is 0 Å². The fourth-order valence-corrected chi connectivity index (χ4v) is 0.663. The van der Waals surface area contributed by atoms with Gasteiger partial charge in [0.2, 0.25) is 0 Å². The highest BCUT2D eigenvalue weighted by Crippen LogP contribution is 2.29. The topological polar surface area (TPSA) is 91.9 Å². The van der Waals surface area contributed by atoms with Crippen LogP contribution >= 0.6 is 0 Å². The summed E-state index contributed by atoms with van der Waals surface area (Å²) < 4.78 is 24.1. The Morgan fingerprint density at radius 2 is 1.36 bits per heavy atom. The molecule has 62 valence electrons. The summed E-state index contributed by atoms with van der Waals surface area (Å²) in [6.45, 7) is 0. The summed E-state index contributed by atoms with van der Waals surface area (Å²) in [4.78, 5) is 0. The Kier molecular flexibility index (Phi) is 3.91. The van der Waals surface area contributed by atoms with Crippen molar-refractivity contribution >= 4 is 11.4 Å². The standard InChI is InChI=1S/C6H4.H2O3S.H2O/c1-2-6-4-3-5(1)6;1-4(2)3;/h1-4H;(H2,1,2,3);1H2/p-1. The quantitative estimate of drug-likeness (QED) is 0.579. The van der Waals surface area contributed by atoms with E-state index in [1.807, 2.05) is 0 Å². The number of hydrogen-bond acceptors (Lipinski definition) is 2. The molecule has 0 radical (unpaired) electrons. The van der Waals surface area contributed by atoms with Gasteiger partial charge in [-0.2, -0.15) is 0 Å². The fourth-order valence-electron chi connectivity index (χ4n) is 0.663. The molecule has 0 heterocycles. The van der Waals surface area contributed by atoms with Gasteiger partial charge in [-0.15, -0.1) is 0 Å². The molecule has 4 nitrogen and oxygen atoms in total. The molecule has 0 bridgehead atoms. The molecule has 3 N–H and O–H groups in total. The molecule has 0 amide bonds. The van der Waals surface area contributed by atoms with Crippen molar-refractivity contribution in [3.8, 4) is 11.1 Å². The van der Waals surface area contributed by atoms with Gasteiger partial charge in [-0.1, -0.05) is 24.3 Å². The molecule has 0 aliphatic heterocycles. The smallest absolute Gasteiger partial charge is 0.0814 e. The van der Waals surface area contributed by atoms with Gasteiger partial charge in [0.1, 0.15) is 0 Å². The van der Waals surface area contributed by atoms with Crippen LogP contribution in [-0.4, -0.2) is 18.8 Å². The second kappa shape index (κ2) is 4.20. The first-order chi connectivity index (χ1) is 4.70. The lowest BCUT2D eigenvalue weighted by molar-refractivity contribution is 0.436. The van der Waals surface area contributed by atoms with Gasteiger partial charge in [-0.25, -0.2) is 4.21 Å². The van der Waals surface area contributed by atoms with Crippen molar-refractivity contribution in [2.45, 2.75) is 0 Å². The molecule has 0 spiro atoms. The van der Waals surface area contributed by atoms with Crippen LogP contribution in [0.25, 0.3) is 11.1 Å². The fraction of sp³-hybridized carbons (Fsp3) is 0. The Morgan fingerprint density at radius 1 is 1.18 bits per heavy atom. The SMILES string of the molecule is O.O=S([O-])O.c1cc2ccc1-2. The van der Waals surface area contributed by atoms with Crippen molar-refractivity contribution in [1.82, 2.24) is 0 Å². The Balaban J connectivity index is 0.000000183. The first-order valence-electron chi connectivity index (χ1n) is 2.59. The highest BCUT2D eigenvalue weighted by atomic mass is 32.2. The molecule has 2 aliphatic carbocycles. The van der Waals surface area contributed by atoms with Crippen LogP contribution in [0.5, 0.6) is 0 Å². The van der Waals surface area contributed by atoms with Crippen LogP contribution in [0.1, 0.15) is 0 Å². The van der Waals surface area contributed by atoms with Crippen molar-refractivity contribution in [3.05, 3.63) is 24.3 Å². The average Bonchev–Trinajstić information content (AvgIpc) is 1.77. The third kappa shape index (κ3) is 2.77. The molecule has 0 aromatic carbocycles. The molecule has 2 aliphatic rings. The lowest BCUT2D eigenvalue weighted by Gasteiger charge is -2.10. The van der Waals surface area contributed by atoms with Crippen LogP contribution in [0.4, 0.5) is 0 Å². The van der Waals surface area contributed by atoms with Gasteiger partial charge in [0.25, 0.3) is 0 Å². The van der Waals surface area contributed by atoms with Crippen LogP contribution < -0.4 is 0 Å². The third-order valence-corrected chi connectivity index (χ3v) is 1.22. The normalized spacial score (nSPS) is 11.8. The summed E-state index contributed by atoms with van der Waals surface area (Å²) >= 11 is -2.86. The van der Waals surface area contributed by atoms with E-state index in [4.69, 9.17) is 13.3 Å². The lowest BCUT2D eigenvalue weighted by Crippen LogP contribution is -1.85.